The zero-order chi connectivity index (χ0) is 18.1. The zero-order valence-corrected chi connectivity index (χ0v) is 15.1. The van der Waals surface area contributed by atoms with Crippen LogP contribution >= 0.6 is 0 Å². The van der Waals surface area contributed by atoms with E-state index in [9.17, 15) is 19.8 Å². The van der Waals surface area contributed by atoms with Gasteiger partial charge in [0.25, 0.3) is 0 Å². The number of carboxylic acids is 2. The highest BCUT2D eigenvalue weighted by Crippen LogP contribution is 2.25. The molecule has 0 radical (unpaired) electrons. The average molecular weight is 334 g/mol. The number of unbranched alkanes of at least 4 members (excludes halogenated alkanes) is 5. The van der Waals surface area contributed by atoms with Crippen LogP contribution in [0.4, 0.5) is 0 Å². The predicted molar refractivity (Wildman–Crippen MR) is 96.0 cm³/mol. The number of hydrogen-bond donors (Lipinski definition) is 2. The van der Waals surface area contributed by atoms with Gasteiger partial charge in [0, 0.05) is 0 Å². The maximum absolute atomic E-state index is 11.7. The highest BCUT2D eigenvalue weighted by molar-refractivity contribution is 6.03. The molecule has 0 atom stereocenters. The lowest BCUT2D eigenvalue weighted by Crippen LogP contribution is -2.14. The van der Waals surface area contributed by atoms with Crippen LogP contribution in [-0.4, -0.2) is 22.2 Å². The summed E-state index contributed by atoms with van der Waals surface area (Å²) in [6.07, 6.45) is 8.14. The maximum Gasteiger partial charge on any atom is 0.336 e. The Balaban J connectivity index is 3.03. The largest absolute Gasteiger partial charge is 0.478 e. The van der Waals surface area contributed by atoms with Crippen molar-refractivity contribution in [3.05, 3.63) is 34.4 Å². The van der Waals surface area contributed by atoms with Gasteiger partial charge < -0.3 is 10.2 Å². The molecule has 0 aliphatic rings. The van der Waals surface area contributed by atoms with Crippen molar-refractivity contribution in [2.75, 3.05) is 0 Å². The van der Waals surface area contributed by atoms with E-state index in [2.05, 4.69) is 20.8 Å². The fourth-order valence-electron chi connectivity index (χ4n) is 3.11. The van der Waals surface area contributed by atoms with Gasteiger partial charge in [-0.15, -0.1) is 0 Å². The molecule has 1 rings (SSSR count). The molecule has 0 saturated carbocycles. The molecule has 1 aromatic carbocycles. The molecule has 24 heavy (non-hydrogen) atoms. The molecule has 4 heteroatoms. The molecule has 0 fully saturated rings. The Morgan fingerprint density at radius 1 is 0.958 bits per heavy atom. The smallest absolute Gasteiger partial charge is 0.336 e. The summed E-state index contributed by atoms with van der Waals surface area (Å²) in [4.78, 5) is 23.1. The third-order valence-corrected chi connectivity index (χ3v) is 4.26. The number of carboxylic acid groups (broad SMARTS) is 2. The first kappa shape index (κ1) is 20.2. The topological polar surface area (TPSA) is 74.6 Å². The van der Waals surface area contributed by atoms with Gasteiger partial charge in [-0.05, 0) is 42.4 Å². The van der Waals surface area contributed by atoms with E-state index in [1.54, 1.807) is 6.07 Å². The van der Waals surface area contributed by atoms with Crippen LogP contribution in [0.2, 0.25) is 0 Å². The predicted octanol–water partition coefficient (Wildman–Crippen LogP) is 5.18. The van der Waals surface area contributed by atoms with Crippen LogP contribution in [0.1, 0.15) is 91.1 Å². The Hall–Kier alpha value is -1.84. The number of aromatic carboxylic acids is 2. The Labute approximate surface area is 144 Å². The minimum Gasteiger partial charge on any atom is -0.478 e. The fraction of sp³-hybridized carbons (Fsp3) is 0.600. The number of carbonyl (C=O) groups is 2. The van der Waals surface area contributed by atoms with Crippen molar-refractivity contribution < 1.29 is 19.8 Å². The van der Waals surface area contributed by atoms with Gasteiger partial charge in [0.2, 0.25) is 0 Å². The molecule has 0 spiro atoms. The summed E-state index contributed by atoms with van der Waals surface area (Å²) < 4.78 is 0. The number of rotatable bonds is 11. The quantitative estimate of drug-likeness (QED) is 0.546. The zero-order valence-electron chi connectivity index (χ0n) is 15.1. The molecule has 0 bridgehead atoms. The lowest BCUT2D eigenvalue weighted by Gasteiger charge is -2.16. The minimum atomic E-state index is -1.17. The second-order valence-electron chi connectivity index (χ2n) is 6.85. The number of hydrogen-bond acceptors (Lipinski definition) is 2. The molecule has 2 N–H and O–H groups in total. The van der Waals surface area contributed by atoms with Crippen LogP contribution in [0.15, 0.2) is 12.1 Å². The van der Waals surface area contributed by atoms with E-state index in [1.807, 2.05) is 0 Å². The van der Waals surface area contributed by atoms with Crippen molar-refractivity contribution in [1.29, 1.82) is 0 Å². The van der Waals surface area contributed by atoms with Crippen molar-refractivity contribution in [3.63, 3.8) is 0 Å². The van der Waals surface area contributed by atoms with E-state index in [1.165, 1.54) is 25.3 Å². The summed E-state index contributed by atoms with van der Waals surface area (Å²) >= 11 is 0. The Bertz CT molecular complexity index is 561. The Kier molecular flexibility index (Phi) is 8.51. The van der Waals surface area contributed by atoms with Crippen molar-refractivity contribution in [3.8, 4) is 0 Å². The molecule has 0 aliphatic carbocycles. The second-order valence-corrected chi connectivity index (χ2v) is 6.85. The summed E-state index contributed by atoms with van der Waals surface area (Å²) in [6, 6.07) is 3.23. The molecule has 0 unspecified atom stereocenters. The molecule has 0 aromatic heterocycles. The van der Waals surface area contributed by atoms with E-state index in [-0.39, 0.29) is 11.1 Å². The Morgan fingerprint density at radius 2 is 1.58 bits per heavy atom. The monoisotopic (exact) mass is 334 g/mol. The van der Waals surface area contributed by atoms with Crippen LogP contribution < -0.4 is 0 Å². The van der Waals surface area contributed by atoms with E-state index in [0.29, 0.717) is 17.9 Å². The highest BCUT2D eigenvalue weighted by Gasteiger charge is 2.22. The molecule has 0 aliphatic heterocycles. The molecular weight excluding hydrogens is 304 g/mol. The van der Waals surface area contributed by atoms with Crippen LogP contribution in [-0.2, 0) is 12.8 Å². The molecule has 134 valence electrons. The molecule has 0 heterocycles. The van der Waals surface area contributed by atoms with Gasteiger partial charge in [0.1, 0.15) is 0 Å². The summed E-state index contributed by atoms with van der Waals surface area (Å²) in [5.41, 5.74) is 1.57. The maximum atomic E-state index is 11.7. The Morgan fingerprint density at radius 3 is 2.12 bits per heavy atom. The fourth-order valence-corrected chi connectivity index (χ4v) is 3.11. The molecule has 1 aromatic rings. The van der Waals surface area contributed by atoms with Gasteiger partial charge in [0.15, 0.2) is 0 Å². The first-order chi connectivity index (χ1) is 11.4. The molecule has 0 saturated heterocycles. The first-order valence-corrected chi connectivity index (χ1v) is 8.99. The summed E-state index contributed by atoms with van der Waals surface area (Å²) in [5.74, 6) is -1.92. The van der Waals surface area contributed by atoms with E-state index in [4.69, 9.17) is 0 Å². The molecule has 4 nitrogen and oxygen atoms in total. The van der Waals surface area contributed by atoms with Gasteiger partial charge in [-0.25, -0.2) is 9.59 Å². The molecule has 0 amide bonds. The van der Waals surface area contributed by atoms with Gasteiger partial charge >= 0.3 is 11.9 Å². The van der Waals surface area contributed by atoms with Crippen LogP contribution in [0.5, 0.6) is 0 Å². The van der Waals surface area contributed by atoms with E-state index < -0.39 is 11.9 Å². The van der Waals surface area contributed by atoms with E-state index >= 15 is 0 Å². The lowest BCUT2D eigenvalue weighted by atomic mass is 9.88. The summed E-state index contributed by atoms with van der Waals surface area (Å²) in [5, 5.41) is 18.9. The van der Waals surface area contributed by atoms with Crippen molar-refractivity contribution in [2.45, 2.75) is 72.1 Å². The summed E-state index contributed by atoms with van der Waals surface area (Å²) in [7, 11) is 0. The minimum absolute atomic E-state index is 0.0193. The van der Waals surface area contributed by atoms with Crippen molar-refractivity contribution in [1.82, 2.24) is 0 Å². The molecular formula is C20H30O4. The van der Waals surface area contributed by atoms with Crippen molar-refractivity contribution >= 4 is 11.9 Å². The van der Waals surface area contributed by atoms with Crippen LogP contribution in [0.25, 0.3) is 0 Å². The van der Waals surface area contributed by atoms with Gasteiger partial charge in [-0.2, -0.15) is 0 Å². The van der Waals surface area contributed by atoms with Gasteiger partial charge in [-0.1, -0.05) is 58.9 Å². The highest BCUT2D eigenvalue weighted by atomic mass is 16.4. The van der Waals surface area contributed by atoms with Crippen LogP contribution in [0, 0.1) is 5.92 Å². The van der Waals surface area contributed by atoms with Gasteiger partial charge in [0.05, 0.1) is 11.1 Å². The SMILES string of the molecule is CCCCCCCCc1c(CC(C)C)ccc(C(=O)O)c1C(=O)O. The summed E-state index contributed by atoms with van der Waals surface area (Å²) in [6.45, 7) is 6.34. The van der Waals surface area contributed by atoms with Crippen molar-refractivity contribution in [2.24, 2.45) is 5.92 Å². The van der Waals surface area contributed by atoms with Gasteiger partial charge in [-0.3, -0.25) is 0 Å². The first-order valence-electron chi connectivity index (χ1n) is 8.99. The third-order valence-electron chi connectivity index (χ3n) is 4.26. The normalized spacial score (nSPS) is 11.0. The third kappa shape index (κ3) is 5.99. The lowest BCUT2D eigenvalue weighted by molar-refractivity contribution is 0.0650. The standard InChI is InChI=1S/C20H30O4/c1-4-5-6-7-8-9-10-16-15(13-14(2)3)11-12-17(19(21)22)18(16)20(23)24/h11-12,14H,4-10,13H2,1-3H3,(H,21,22)(H,23,24). The number of benzene rings is 1. The average Bonchev–Trinajstić information content (AvgIpc) is 2.50. The van der Waals surface area contributed by atoms with E-state index in [0.717, 1.165) is 31.2 Å². The second kappa shape index (κ2) is 10.1. The van der Waals surface area contributed by atoms with Crippen LogP contribution in [0.3, 0.4) is 0 Å².